The van der Waals surface area contributed by atoms with Crippen LogP contribution in [-0.2, 0) is 4.74 Å². The van der Waals surface area contributed by atoms with Crippen molar-refractivity contribution in [2.24, 2.45) is 5.73 Å². The van der Waals surface area contributed by atoms with Gasteiger partial charge in [0.2, 0.25) is 0 Å². The molecule has 1 aromatic carbocycles. The summed E-state index contributed by atoms with van der Waals surface area (Å²) in [5, 5.41) is 29.2. The third kappa shape index (κ3) is 8.37. The van der Waals surface area contributed by atoms with E-state index < -0.39 is 36.3 Å². The Labute approximate surface area is 183 Å². The lowest BCUT2D eigenvalue weighted by Crippen LogP contribution is -2.34. The molecule has 3 rings (SSSR count). The van der Waals surface area contributed by atoms with Gasteiger partial charge in [-0.3, -0.25) is 0 Å². The number of rotatable bonds is 3. The number of hydrogen-bond acceptors (Lipinski definition) is 5. The number of terminal acetylenes is 1. The van der Waals surface area contributed by atoms with Crippen LogP contribution in [0.5, 0.6) is 0 Å². The molecular formula is C24H33F2NO4. The highest BCUT2D eigenvalue weighted by molar-refractivity contribution is 5.38. The molecular weight excluding hydrogens is 404 g/mol. The van der Waals surface area contributed by atoms with E-state index in [4.69, 9.17) is 10.5 Å². The maximum absolute atomic E-state index is 12.7. The summed E-state index contributed by atoms with van der Waals surface area (Å²) in [4.78, 5) is 0. The summed E-state index contributed by atoms with van der Waals surface area (Å²) in [6, 6.07) is 5.29. The third-order valence-electron chi connectivity index (χ3n) is 4.66. The summed E-state index contributed by atoms with van der Waals surface area (Å²) in [6.07, 6.45) is 7.36. The molecule has 1 saturated heterocycles. The first kappa shape index (κ1) is 28.7. The van der Waals surface area contributed by atoms with Crippen molar-refractivity contribution in [3.8, 4) is 12.8 Å². The smallest absolute Gasteiger partial charge is 0.123 e. The van der Waals surface area contributed by atoms with Crippen molar-refractivity contribution in [2.45, 2.75) is 57.7 Å². The summed E-state index contributed by atoms with van der Waals surface area (Å²) in [6.45, 7) is 9.10. The molecule has 1 heterocycles. The number of ether oxygens (including phenoxy) is 1. The molecule has 1 aromatic rings. The number of halogens is 2. The molecule has 7 heteroatoms. The molecule has 1 aliphatic heterocycles. The zero-order chi connectivity index (χ0) is 24.1. The quantitative estimate of drug-likeness (QED) is 0.430. The minimum absolute atomic E-state index is 0.130. The van der Waals surface area contributed by atoms with Gasteiger partial charge >= 0.3 is 0 Å². The van der Waals surface area contributed by atoms with Crippen molar-refractivity contribution in [3.63, 3.8) is 0 Å². The Morgan fingerprint density at radius 3 is 2.06 bits per heavy atom. The Morgan fingerprint density at radius 2 is 1.74 bits per heavy atom. The molecule has 1 fully saturated rings. The number of hydrogen-bond donors (Lipinski definition) is 4. The highest BCUT2D eigenvalue weighted by Gasteiger charge is 2.44. The topological polar surface area (TPSA) is 95.9 Å². The first-order valence-corrected chi connectivity index (χ1v) is 9.78. The van der Waals surface area contributed by atoms with Gasteiger partial charge in [-0.1, -0.05) is 23.8 Å². The zero-order valence-electron chi connectivity index (χ0n) is 18.2. The predicted octanol–water partition coefficient (Wildman–Crippen LogP) is 3.33. The van der Waals surface area contributed by atoms with Gasteiger partial charge in [-0.25, -0.2) is 8.78 Å². The van der Waals surface area contributed by atoms with Crippen LogP contribution in [-0.4, -0.2) is 46.3 Å². The van der Waals surface area contributed by atoms with E-state index in [0.717, 1.165) is 12.0 Å². The van der Waals surface area contributed by atoms with Crippen LogP contribution < -0.4 is 5.73 Å². The van der Waals surface area contributed by atoms with Gasteiger partial charge < -0.3 is 25.8 Å². The number of aliphatic hydroxyl groups excluding tert-OH is 3. The first-order valence-electron chi connectivity index (χ1n) is 9.78. The number of nitrogens with two attached hydrogens (primary N) is 1. The number of benzene rings is 1. The Balaban J connectivity index is 0.000000540. The minimum Gasteiger partial charge on any atom is -0.388 e. The van der Waals surface area contributed by atoms with E-state index in [1.807, 2.05) is 13.8 Å². The summed E-state index contributed by atoms with van der Waals surface area (Å²) in [5.41, 5.74) is 7.47. The highest BCUT2D eigenvalue weighted by Crippen LogP contribution is 2.30. The van der Waals surface area contributed by atoms with Crippen LogP contribution >= 0.6 is 0 Å². The molecule has 5 atom stereocenters. The summed E-state index contributed by atoms with van der Waals surface area (Å²) < 4.78 is 30.6. The summed E-state index contributed by atoms with van der Waals surface area (Å²) >= 11 is 0. The van der Waals surface area contributed by atoms with Crippen molar-refractivity contribution in [2.75, 3.05) is 6.54 Å². The van der Waals surface area contributed by atoms with E-state index in [1.165, 1.54) is 24.3 Å². The molecule has 5 N–H and O–H groups in total. The molecule has 2 aliphatic rings. The van der Waals surface area contributed by atoms with E-state index in [-0.39, 0.29) is 5.83 Å². The fourth-order valence-electron chi connectivity index (χ4n) is 2.96. The molecule has 0 aromatic heterocycles. The van der Waals surface area contributed by atoms with Crippen LogP contribution in [0.15, 0.2) is 60.0 Å². The third-order valence-corrected chi connectivity index (χ3v) is 4.66. The average Bonchev–Trinajstić information content (AvgIpc) is 3.23. The fourth-order valence-corrected chi connectivity index (χ4v) is 2.96. The van der Waals surface area contributed by atoms with Gasteiger partial charge in [-0.2, -0.15) is 0 Å². The SMILES string of the molecule is C#C.C=CC.CC1=C(CN)C(F)=CC1.C[C@@H]1O[C@H]([C@@H](O)c2ccc(F)cc2)[C@@H](O)[C@H]1O. The predicted molar refractivity (Wildman–Crippen MR) is 119 cm³/mol. The number of aliphatic hydroxyl groups is 3. The standard InChI is InChI=1S/C12H15FO4.C7H10FN.C3H6.C2H2/c1-6-9(14)11(16)12(17-6)10(15)7-2-4-8(13)5-3-7;1-5-2-3-7(8)6(5)4-9;1-3-2;1-2/h2-6,9-12,14-16H,1H3;3H,2,4,9H2,1H3;3H,1H2,2H3;1-2H/t6-,9-,10-,11-,12+;;;/m0.../s1. The molecule has 172 valence electrons. The van der Waals surface area contributed by atoms with E-state index in [0.29, 0.717) is 17.7 Å². The van der Waals surface area contributed by atoms with Crippen LogP contribution in [0.25, 0.3) is 0 Å². The van der Waals surface area contributed by atoms with Crippen molar-refractivity contribution >= 4 is 0 Å². The van der Waals surface area contributed by atoms with Gasteiger partial charge in [0.05, 0.1) is 6.10 Å². The van der Waals surface area contributed by atoms with Crippen molar-refractivity contribution in [3.05, 3.63) is 71.4 Å². The van der Waals surface area contributed by atoms with Gasteiger partial charge in [0.1, 0.15) is 36.1 Å². The van der Waals surface area contributed by atoms with E-state index in [2.05, 4.69) is 19.4 Å². The second kappa shape index (κ2) is 14.6. The lowest BCUT2D eigenvalue weighted by atomic mass is 9.99. The van der Waals surface area contributed by atoms with Crippen molar-refractivity contribution in [1.82, 2.24) is 0 Å². The van der Waals surface area contributed by atoms with Crippen LogP contribution in [0.3, 0.4) is 0 Å². The Hall–Kier alpha value is -2.34. The van der Waals surface area contributed by atoms with Gasteiger partial charge in [0.15, 0.2) is 0 Å². The van der Waals surface area contributed by atoms with Crippen LogP contribution in [0.1, 0.15) is 38.9 Å². The lowest BCUT2D eigenvalue weighted by Gasteiger charge is -2.21. The van der Waals surface area contributed by atoms with Gasteiger partial charge in [-0.05, 0) is 51.0 Å². The molecule has 0 unspecified atom stereocenters. The first-order chi connectivity index (χ1) is 14.7. The van der Waals surface area contributed by atoms with Gasteiger partial charge in [0, 0.05) is 12.1 Å². The zero-order valence-corrected chi connectivity index (χ0v) is 18.2. The molecule has 1 aliphatic carbocycles. The second-order valence-electron chi connectivity index (χ2n) is 6.91. The number of allylic oxidation sites excluding steroid dienone is 3. The Kier molecular flexibility index (Phi) is 13.5. The molecule has 31 heavy (non-hydrogen) atoms. The molecule has 0 bridgehead atoms. The summed E-state index contributed by atoms with van der Waals surface area (Å²) in [5.74, 6) is -0.530. The molecule has 0 amide bonds. The van der Waals surface area contributed by atoms with Gasteiger partial charge in [0.25, 0.3) is 0 Å². The van der Waals surface area contributed by atoms with E-state index >= 15 is 0 Å². The molecule has 0 radical (unpaired) electrons. The van der Waals surface area contributed by atoms with E-state index in [9.17, 15) is 24.1 Å². The highest BCUT2D eigenvalue weighted by atomic mass is 19.1. The minimum atomic E-state index is -1.15. The fraction of sp³-hybridized carbons (Fsp3) is 0.417. The second-order valence-corrected chi connectivity index (χ2v) is 6.91. The lowest BCUT2D eigenvalue weighted by molar-refractivity contribution is -0.0635. The van der Waals surface area contributed by atoms with E-state index in [1.54, 1.807) is 19.1 Å². The molecule has 0 spiro atoms. The average molecular weight is 438 g/mol. The largest absolute Gasteiger partial charge is 0.388 e. The van der Waals surface area contributed by atoms with Crippen molar-refractivity contribution < 1.29 is 28.8 Å². The monoisotopic (exact) mass is 437 g/mol. The van der Waals surface area contributed by atoms with Crippen molar-refractivity contribution in [1.29, 1.82) is 0 Å². The Morgan fingerprint density at radius 1 is 1.23 bits per heavy atom. The maximum Gasteiger partial charge on any atom is 0.123 e. The molecule has 5 nitrogen and oxygen atoms in total. The summed E-state index contributed by atoms with van der Waals surface area (Å²) in [7, 11) is 0. The van der Waals surface area contributed by atoms with Crippen LogP contribution in [0, 0.1) is 18.7 Å². The van der Waals surface area contributed by atoms with Crippen LogP contribution in [0.2, 0.25) is 0 Å². The maximum atomic E-state index is 12.7. The Bertz CT molecular complexity index is 759. The van der Waals surface area contributed by atoms with Crippen LogP contribution in [0.4, 0.5) is 8.78 Å². The molecule has 0 saturated carbocycles. The normalized spacial score (nSPS) is 25.1. The van der Waals surface area contributed by atoms with Gasteiger partial charge in [-0.15, -0.1) is 19.4 Å².